The van der Waals surface area contributed by atoms with E-state index in [2.05, 4.69) is 5.32 Å². The minimum atomic E-state index is -0.953. The van der Waals surface area contributed by atoms with E-state index < -0.39 is 5.97 Å². The molecule has 0 saturated carbocycles. The Bertz CT molecular complexity index is 653. The van der Waals surface area contributed by atoms with E-state index in [4.69, 9.17) is 5.11 Å². The fraction of sp³-hybridized carbons (Fsp3) is 0.188. The lowest BCUT2D eigenvalue weighted by molar-refractivity contribution is 0.0697. The monoisotopic (exact) mass is 273 g/mol. The molecule has 0 fully saturated rings. The Morgan fingerprint density at radius 1 is 1.15 bits per heavy atom. The van der Waals surface area contributed by atoms with Gasteiger partial charge in [0, 0.05) is 12.2 Å². The molecule has 3 nitrogen and oxygen atoms in total. The highest BCUT2D eigenvalue weighted by molar-refractivity contribution is 5.89. The summed E-state index contributed by atoms with van der Waals surface area (Å²) in [6.07, 6.45) is 0. The van der Waals surface area contributed by atoms with Crippen molar-refractivity contribution >= 4 is 11.7 Å². The van der Waals surface area contributed by atoms with Crippen LogP contribution in [0.15, 0.2) is 36.4 Å². The Labute approximate surface area is 117 Å². The highest BCUT2D eigenvalue weighted by atomic mass is 19.1. The number of carbonyl (C=O) groups is 1. The Balaban J connectivity index is 2.18. The van der Waals surface area contributed by atoms with E-state index in [1.54, 1.807) is 24.3 Å². The number of anilines is 1. The number of aromatic carboxylic acids is 1. The number of hydrogen-bond acceptors (Lipinski definition) is 2. The number of carboxylic acid groups (broad SMARTS) is 1. The van der Waals surface area contributed by atoms with Gasteiger partial charge >= 0.3 is 5.97 Å². The fourth-order valence-electron chi connectivity index (χ4n) is 1.99. The number of carboxylic acids is 1. The van der Waals surface area contributed by atoms with Crippen LogP contribution in [0.3, 0.4) is 0 Å². The highest BCUT2D eigenvalue weighted by Crippen LogP contribution is 2.19. The molecular formula is C16H16FNO2. The first kappa shape index (κ1) is 14.1. The van der Waals surface area contributed by atoms with Crippen LogP contribution in [0.1, 0.15) is 27.0 Å². The van der Waals surface area contributed by atoms with E-state index in [1.165, 1.54) is 12.1 Å². The zero-order chi connectivity index (χ0) is 14.7. The minimum Gasteiger partial charge on any atom is -0.478 e. The standard InChI is InChI=1S/C16H16FNO2/c1-10-3-4-12(16(19)20)8-15(10)18-9-13-5-6-14(17)7-11(13)2/h3-8,18H,9H2,1-2H3,(H,19,20). The zero-order valence-corrected chi connectivity index (χ0v) is 11.4. The van der Waals surface area contributed by atoms with Gasteiger partial charge in [0.2, 0.25) is 0 Å². The van der Waals surface area contributed by atoms with Crippen molar-refractivity contribution in [2.75, 3.05) is 5.32 Å². The third-order valence-electron chi connectivity index (χ3n) is 3.26. The van der Waals surface area contributed by atoms with Gasteiger partial charge in [0.15, 0.2) is 0 Å². The maximum Gasteiger partial charge on any atom is 0.335 e. The van der Waals surface area contributed by atoms with Crippen LogP contribution >= 0.6 is 0 Å². The van der Waals surface area contributed by atoms with Gasteiger partial charge in [0.1, 0.15) is 5.82 Å². The molecule has 2 N–H and O–H groups in total. The maximum atomic E-state index is 13.0. The third-order valence-corrected chi connectivity index (χ3v) is 3.26. The van der Waals surface area contributed by atoms with Gasteiger partial charge in [-0.1, -0.05) is 12.1 Å². The lowest BCUT2D eigenvalue weighted by atomic mass is 10.1. The summed E-state index contributed by atoms with van der Waals surface area (Å²) >= 11 is 0. The van der Waals surface area contributed by atoms with Crippen LogP contribution in [0.25, 0.3) is 0 Å². The lowest BCUT2D eigenvalue weighted by Gasteiger charge is -2.12. The molecule has 104 valence electrons. The average molecular weight is 273 g/mol. The molecule has 0 heterocycles. The number of benzene rings is 2. The molecule has 0 amide bonds. The molecule has 0 bridgehead atoms. The second-order valence-electron chi connectivity index (χ2n) is 4.76. The van der Waals surface area contributed by atoms with Crippen LogP contribution in [0.2, 0.25) is 0 Å². The molecule has 0 aliphatic heterocycles. The van der Waals surface area contributed by atoms with Gasteiger partial charge in [-0.25, -0.2) is 9.18 Å². The van der Waals surface area contributed by atoms with Gasteiger partial charge in [-0.15, -0.1) is 0 Å². The van der Waals surface area contributed by atoms with Crippen LogP contribution in [-0.4, -0.2) is 11.1 Å². The number of hydrogen-bond donors (Lipinski definition) is 2. The summed E-state index contributed by atoms with van der Waals surface area (Å²) in [6.45, 7) is 4.28. The van der Waals surface area contributed by atoms with Gasteiger partial charge in [-0.2, -0.15) is 0 Å². The van der Waals surface area contributed by atoms with Crippen molar-refractivity contribution in [3.05, 3.63) is 64.5 Å². The van der Waals surface area contributed by atoms with Crippen molar-refractivity contribution in [3.63, 3.8) is 0 Å². The van der Waals surface area contributed by atoms with Crippen molar-refractivity contribution in [2.24, 2.45) is 0 Å². The SMILES string of the molecule is Cc1cc(F)ccc1CNc1cc(C(=O)O)ccc1C. The van der Waals surface area contributed by atoms with E-state index in [1.807, 2.05) is 13.8 Å². The second kappa shape index (κ2) is 5.74. The van der Waals surface area contributed by atoms with E-state index in [-0.39, 0.29) is 11.4 Å². The smallest absolute Gasteiger partial charge is 0.335 e. The summed E-state index contributed by atoms with van der Waals surface area (Å²) in [5, 5.41) is 12.2. The molecule has 0 atom stereocenters. The highest BCUT2D eigenvalue weighted by Gasteiger charge is 2.07. The van der Waals surface area contributed by atoms with Crippen molar-refractivity contribution in [1.82, 2.24) is 0 Å². The maximum absolute atomic E-state index is 13.0. The van der Waals surface area contributed by atoms with Crippen LogP contribution in [0.5, 0.6) is 0 Å². The Kier molecular flexibility index (Phi) is 4.03. The molecular weight excluding hydrogens is 257 g/mol. The van der Waals surface area contributed by atoms with Crippen LogP contribution in [0.4, 0.5) is 10.1 Å². The first-order valence-electron chi connectivity index (χ1n) is 6.30. The van der Waals surface area contributed by atoms with E-state index >= 15 is 0 Å². The summed E-state index contributed by atoms with van der Waals surface area (Å²) < 4.78 is 13.0. The van der Waals surface area contributed by atoms with Crippen LogP contribution in [0, 0.1) is 19.7 Å². The van der Waals surface area contributed by atoms with Gasteiger partial charge in [0.25, 0.3) is 0 Å². The number of aryl methyl sites for hydroxylation is 2. The number of halogens is 1. The molecule has 20 heavy (non-hydrogen) atoms. The normalized spacial score (nSPS) is 10.3. The number of rotatable bonds is 4. The van der Waals surface area contributed by atoms with Gasteiger partial charge in [-0.3, -0.25) is 0 Å². The Hall–Kier alpha value is -2.36. The predicted molar refractivity (Wildman–Crippen MR) is 76.6 cm³/mol. The van der Waals surface area contributed by atoms with Crippen molar-refractivity contribution in [2.45, 2.75) is 20.4 Å². The van der Waals surface area contributed by atoms with Gasteiger partial charge < -0.3 is 10.4 Å². The summed E-state index contributed by atoms with van der Waals surface area (Å²) in [5.74, 6) is -1.21. The van der Waals surface area contributed by atoms with E-state index in [0.717, 1.165) is 22.4 Å². The van der Waals surface area contributed by atoms with Gasteiger partial charge in [0.05, 0.1) is 5.56 Å². The first-order valence-corrected chi connectivity index (χ1v) is 6.30. The lowest BCUT2D eigenvalue weighted by Crippen LogP contribution is -2.05. The quantitative estimate of drug-likeness (QED) is 0.891. The van der Waals surface area contributed by atoms with Gasteiger partial charge in [-0.05, 0) is 54.8 Å². The van der Waals surface area contributed by atoms with Crippen molar-refractivity contribution in [3.8, 4) is 0 Å². The minimum absolute atomic E-state index is 0.244. The van der Waals surface area contributed by atoms with E-state index in [0.29, 0.717) is 6.54 Å². The van der Waals surface area contributed by atoms with Crippen LogP contribution in [-0.2, 0) is 6.54 Å². The summed E-state index contributed by atoms with van der Waals surface area (Å²) in [5.41, 5.74) is 3.83. The zero-order valence-electron chi connectivity index (χ0n) is 11.4. The molecule has 0 unspecified atom stereocenters. The molecule has 2 aromatic carbocycles. The topological polar surface area (TPSA) is 49.3 Å². The molecule has 0 aliphatic rings. The molecule has 0 spiro atoms. The Morgan fingerprint density at radius 2 is 1.90 bits per heavy atom. The molecule has 2 aromatic rings. The molecule has 0 aromatic heterocycles. The second-order valence-corrected chi connectivity index (χ2v) is 4.76. The Morgan fingerprint density at radius 3 is 2.55 bits per heavy atom. The number of nitrogens with one attached hydrogen (secondary N) is 1. The summed E-state index contributed by atoms with van der Waals surface area (Å²) in [4.78, 5) is 11.0. The predicted octanol–water partition coefficient (Wildman–Crippen LogP) is 3.75. The molecule has 4 heteroatoms. The molecule has 0 saturated heterocycles. The van der Waals surface area contributed by atoms with Crippen molar-refractivity contribution < 1.29 is 14.3 Å². The van der Waals surface area contributed by atoms with Crippen LogP contribution < -0.4 is 5.32 Å². The van der Waals surface area contributed by atoms with Crippen molar-refractivity contribution in [1.29, 1.82) is 0 Å². The largest absolute Gasteiger partial charge is 0.478 e. The van der Waals surface area contributed by atoms with E-state index in [9.17, 15) is 9.18 Å². The summed E-state index contributed by atoms with van der Waals surface area (Å²) in [6, 6.07) is 9.59. The molecule has 0 radical (unpaired) electrons. The molecule has 0 aliphatic carbocycles. The first-order chi connectivity index (χ1) is 9.47. The fourth-order valence-corrected chi connectivity index (χ4v) is 1.99. The third kappa shape index (κ3) is 3.15. The summed E-state index contributed by atoms with van der Waals surface area (Å²) in [7, 11) is 0. The molecule has 2 rings (SSSR count). The average Bonchev–Trinajstić information content (AvgIpc) is 2.39.